The minimum absolute atomic E-state index is 0.0120. The van der Waals surface area contributed by atoms with Gasteiger partial charge < -0.3 is 25.7 Å². The van der Waals surface area contributed by atoms with Crippen LogP contribution in [0, 0.1) is 18.8 Å². The maximum atomic E-state index is 13.9. The monoisotopic (exact) mass is 614 g/mol. The van der Waals surface area contributed by atoms with E-state index in [0.29, 0.717) is 25.0 Å². The van der Waals surface area contributed by atoms with E-state index in [1.807, 2.05) is 49.4 Å². The van der Waals surface area contributed by atoms with Crippen LogP contribution < -0.4 is 21.3 Å². The Hall–Kier alpha value is -4.47. The molecule has 5 rings (SSSR count). The highest BCUT2D eigenvalue weighted by molar-refractivity contribution is 6.38. The van der Waals surface area contributed by atoms with Crippen molar-refractivity contribution in [3.05, 3.63) is 71.5 Å². The molecule has 2 aliphatic rings. The smallest absolute Gasteiger partial charge is 0.289 e. The number of Topliss-reactive ketones (excluding diaryl/α,β-unsaturated/α-hetero) is 1. The average molecular weight is 615 g/mol. The Morgan fingerprint density at radius 2 is 1.69 bits per heavy atom. The van der Waals surface area contributed by atoms with Gasteiger partial charge in [0.25, 0.3) is 11.8 Å². The highest BCUT2D eigenvalue weighted by atomic mass is 16.3. The molecule has 1 saturated carbocycles. The van der Waals surface area contributed by atoms with Crippen LogP contribution in [-0.4, -0.2) is 48.0 Å². The average Bonchev–Trinajstić information content (AvgIpc) is 3.49. The predicted molar refractivity (Wildman–Crippen MR) is 169 cm³/mol. The molecule has 1 aromatic heterocycles. The van der Waals surface area contributed by atoms with Crippen molar-refractivity contribution in [3.8, 4) is 0 Å². The molecule has 1 saturated heterocycles. The number of piperidine rings is 1. The second kappa shape index (κ2) is 15.0. The fourth-order valence-corrected chi connectivity index (χ4v) is 6.41. The number of ketones is 1. The van der Waals surface area contributed by atoms with Crippen LogP contribution >= 0.6 is 0 Å². The van der Waals surface area contributed by atoms with Crippen LogP contribution in [0.4, 0.5) is 0 Å². The summed E-state index contributed by atoms with van der Waals surface area (Å²) in [7, 11) is 0. The van der Waals surface area contributed by atoms with E-state index in [0.717, 1.165) is 55.0 Å². The predicted octanol–water partition coefficient (Wildman–Crippen LogP) is 4.10. The Morgan fingerprint density at radius 1 is 0.889 bits per heavy atom. The number of carbonyl (C=O) groups is 5. The second-order valence-electron chi connectivity index (χ2n) is 12.4. The van der Waals surface area contributed by atoms with Crippen LogP contribution in [0.5, 0.6) is 0 Å². The normalized spacial score (nSPS) is 18.4. The van der Waals surface area contributed by atoms with Crippen molar-refractivity contribution in [1.29, 1.82) is 0 Å². The van der Waals surface area contributed by atoms with Gasteiger partial charge in [-0.3, -0.25) is 24.0 Å². The van der Waals surface area contributed by atoms with E-state index in [9.17, 15) is 24.0 Å². The Bertz CT molecular complexity index is 1510. The molecule has 10 nitrogen and oxygen atoms in total. The molecular formula is C35H42N4O6. The molecule has 2 heterocycles. The summed E-state index contributed by atoms with van der Waals surface area (Å²) >= 11 is 0. The van der Waals surface area contributed by atoms with Gasteiger partial charge in [0.2, 0.25) is 17.6 Å². The van der Waals surface area contributed by atoms with Gasteiger partial charge in [0, 0.05) is 24.4 Å². The SMILES string of the molecule is Cc1cccc(CNC(=O)C(=O)[C@H](C[C@@H]2CCCNC2=O)NC(=O)[C@H](CC2CCCCC2)NC(=O)c2cc3ccccc3o2)c1. The summed E-state index contributed by atoms with van der Waals surface area (Å²) in [4.78, 5) is 66.5. The molecule has 0 radical (unpaired) electrons. The molecule has 10 heteroatoms. The number of fused-ring (bicyclic) bond motifs is 1. The van der Waals surface area contributed by atoms with Crippen LogP contribution in [0.15, 0.2) is 59.0 Å². The molecule has 0 spiro atoms. The Labute approximate surface area is 263 Å². The maximum Gasteiger partial charge on any atom is 0.289 e. The number of hydrogen-bond acceptors (Lipinski definition) is 6. The molecule has 238 valence electrons. The number of hydrogen-bond donors (Lipinski definition) is 4. The summed E-state index contributed by atoms with van der Waals surface area (Å²) < 4.78 is 5.74. The number of aryl methyl sites for hydroxylation is 1. The lowest BCUT2D eigenvalue weighted by Gasteiger charge is -2.29. The molecule has 1 aliphatic heterocycles. The minimum atomic E-state index is -1.24. The van der Waals surface area contributed by atoms with E-state index in [1.54, 1.807) is 12.1 Å². The van der Waals surface area contributed by atoms with E-state index in [4.69, 9.17) is 4.42 Å². The van der Waals surface area contributed by atoms with Gasteiger partial charge in [-0.1, -0.05) is 80.1 Å². The number of carbonyl (C=O) groups excluding carboxylic acids is 5. The zero-order valence-corrected chi connectivity index (χ0v) is 25.7. The van der Waals surface area contributed by atoms with Crippen molar-refractivity contribution >= 4 is 40.4 Å². The molecule has 3 aromatic rings. The third kappa shape index (κ3) is 8.59. The first-order valence-corrected chi connectivity index (χ1v) is 16.0. The van der Waals surface area contributed by atoms with E-state index < -0.39 is 41.5 Å². The third-order valence-corrected chi connectivity index (χ3v) is 8.88. The molecule has 0 unspecified atom stereocenters. The number of nitrogens with one attached hydrogen (secondary N) is 4. The summed E-state index contributed by atoms with van der Waals surface area (Å²) in [5, 5.41) is 11.9. The number of rotatable bonds is 12. The maximum absolute atomic E-state index is 13.9. The van der Waals surface area contributed by atoms with Crippen molar-refractivity contribution in [2.24, 2.45) is 11.8 Å². The van der Waals surface area contributed by atoms with Crippen molar-refractivity contribution in [1.82, 2.24) is 21.3 Å². The fraction of sp³-hybridized carbons (Fsp3) is 0.457. The van der Waals surface area contributed by atoms with E-state index in [1.165, 1.54) is 0 Å². The quantitative estimate of drug-likeness (QED) is 0.226. The molecule has 1 aliphatic carbocycles. The summed E-state index contributed by atoms with van der Waals surface area (Å²) in [5.74, 6) is -3.19. The van der Waals surface area contributed by atoms with Gasteiger partial charge in [0.05, 0.1) is 6.04 Å². The van der Waals surface area contributed by atoms with Crippen LogP contribution in [0.1, 0.15) is 79.5 Å². The van der Waals surface area contributed by atoms with E-state index in [2.05, 4.69) is 21.3 Å². The molecular weight excluding hydrogens is 572 g/mol. The van der Waals surface area contributed by atoms with Gasteiger partial charge in [0.15, 0.2) is 5.76 Å². The molecule has 2 aromatic carbocycles. The summed E-state index contributed by atoms with van der Waals surface area (Å²) in [6, 6.07) is 14.3. The van der Waals surface area contributed by atoms with Crippen molar-refractivity contribution < 1.29 is 28.4 Å². The van der Waals surface area contributed by atoms with Crippen LogP contribution in [-0.2, 0) is 25.7 Å². The summed E-state index contributed by atoms with van der Waals surface area (Å²) in [5.41, 5.74) is 2.42. The van der Waals surface area contributed by atoms with Gasteiger partial charge in [-0.15, -0.1) is 0 Å². The number of para-hydroxylation sites is 1. The summed E-state index contributed by atoms with van der Waals surface area (Å²) in [6.07, 6.45) is 6.78. The van der Waals surface area contributed by atoms with Gasteiger partial charge >= 0.3 is 0 Å². The fourth-order valence-electron chi connectivity index (χ4n) is 6.41. The molecule has 4 amide bonds. The van der Waals surface area contributed by atoms with Crippen LogP contribution in [0.2, 0.25) is 0 Å². The first-order chi connectivity index (χ1) is 21.8. The van der Waals surface area contributed by atoms with Gasteiger partial charge in [-0.25, -0.2) is 0 Å². The lowest BCUT2D eigenvalue weighted by Crippen LogP contribution is -2.55. The topological polar surface area (TPSA) is 147 Å². The van der Waals surface area contributed by atoms with Crippen molar-refractivity contribution in [2.75, 3.05) is 6.54 Å². The number of benzene rings is 2. The Kier molecular flexibility index (Phi) is 10.7. The van der Waals surface area contributed by atoms with Crippen LogP contribution in [0.3, 0.4) is 0 Å². The summed E-state index contributed by atoms with van der Waals surface area (Å²) in [6.45, 7) is 2.64. The zero-order valence-electron chi connectivity index (χ0n) is 25.7. The standard InChI is InChI=1S/C35H42N4O6/c1-22-9-7-12-24(17-22)21-37-35(44)31(40)27(19-26-14-8-16-36-32(26)41)38-33(42)28(18-23-10-3-2-4-11-23)39-34(43)30-20-25-13-5-6-15-29(25)45-30/h5-7,9,12-13,15,17,20,23,26-28H,2-4,8,10-11,14,16,18-19,21H2,1H3,(H,36,41)(H,37,44)(H,38,42)(H,39,43)/t26-,27-,28-/m0/s1. The Morgan fingerprint density at radius 3 is 2.44 bits per heavy atom. The first kappa shape index (κ1) is 31.9. The lowest BCUT2D eigenvalue weighted by atomic mass is 9.84. The zero-order chi connectivity index (χ0) is 31.8. The lowest BCUT2D eigenvalue weighted by molar-refractivity contribution is -0.141. The third-order valence-electron chi connectivity index (χ3n) is 8.88. The molecule has 2 fully saturated rings. The minimum Gasteiger partial charge on any atom is -0.451 e. The van der Waals surface area contributed by atoms with Gasteiger partial charge in [-0.2, -0.15) is 0 Å². The van der Waals surface area contributed by atoms with Crippen LogP contribution in [0.25, 0.3) is 11.0 Å². The molecule has 0 bridgehead atoms. The highest BCUT2D eigenvalue weighted by Crippen LogP contribution is 2.28. The number of amides is 4. The van der Waals surface area contributed by atoms with E-state index >= 15 is 0 Å². The van der Waals surface area contributed by atoms with Gasteiger partial charge in [0.1, 0.15) is 11.6 Å². The Balaban J connectivity index is 1.33. The molecule has 4 N–H and O–H groups in total. The highest BCUT2D eigenvalue weighted by Gasteiger charge is 2.36. The van der Waals surface area contributed by atoms with Gasteiger partial charge in [-0.05, 0) is 56.2 Å². The van der Waals surface area contributed by atoms with E-state index in [-0.39, 0.29) is 30.6 Å². The number of furan rings is 1. The van der Waals surface area contributed by atoms with Crippen molar-refractivity contribution in [2.45, 2.75) is 83.3 Å². The largest absolute Gasteiger partial charge is 0.451 e. The molecule has 3 atom stereocenters. The van der Waals surface area contributed by atoms with Crippen molar-refractivity contribution in [3.63, 3.8) is 0 Å². The first-order valence-electron chi connectivity index (χ1n) is 16.0. The molecule has 45 heavy (non-hydrogen) atoms. The second-order valence-corrected chi connectivity index (χ2v) is 12.4.